The van der Waals surface area contributed by atoms with E-state index in [0.29, 0.717) is 0 Å². The molecule has 0 heterocycles. The molecule has 2 rings (SSSR count). The number of rotatable bonds is 2. The lowest BCUT2D eigenvalue weighted by Gasteiger charge is -2.19. The maximum Gasteiger partial charge on any atom is 0.330 e. The number of esters is 1. The summed E-state index contributed by atoms with van der Waals surface area (Å²) < 4.78 is 9.85. The Morgan fingerprint density at radius 3 is 2.76 bits per heavy atom. The van der Waals surface area contributed by atoms with Crippen molar-refractivity contribution in [1.82, 2.24) is 0 Å². The summed E-state index contributed by atoms with van der Waals surface area (Å²) in [5.74, 6) is 0.592. The van der Waals surface area contributed by atoms with Gasteiger partial charge in [0.1, 0.15) is 5.75 Å². The monoisotopic (exact) mass is 232 g/mol. The first-order valence-electron chi connectivity index (χ1n) is 5.66. The molecule has 90 valence electrons. The maximum atomic E-state index is 11.2. The molecule has 1 aliphatic carbocycles. The number of aryl methyl sites for hydroxylation is 1. The molecule has 0 atom stereocenters. The topological polar surface area (TPSA) is 35.5 Å². The van der Waals surface area contributed by atoms with E-state index in [4.69, 9.17) is 4.74 Å². The molecule has 0 radical (unpaired) electrons. The second-order valence-electron chi connectivity index (χ2n) is 4.14. The molecule has 1 aromatic carbocycles. The Bertz CT molecular complexity index is 461. The van der Waals surface area contributed by atoms with Crippen molar-refractivity contribution >= 4 is 5.97 Å². The van der Waals surface area contributed by atoms with Crippen LogP contribution in [0, 0.1) is 0 Å². The number of ether oxygens (including phenoxy) is 2. The van der Waals surface area contributed by atoms with Crippen molar-refractivity contribution < 1.29 is 14.3 Å². The summed E-state index contributed by atoms with van der Waals surface area (Å²) in [5, 5.41) is 0. The second kappa shape index (κ2) is 5.04. The first-order chi connectivity index (χ1) is 8.22. The molecule has 0 N–H and O–H groups in total. The van der Waals surface area contributed by atoms with Gasteiger partial charge in [0.15, 0.2) is 0 Å². The molecule has 0 aromatic heterocycles. The van der Waals surface area contributed by atoms with Crippen LogP contribution in [-0.2, 0) is 22.4 Å². The molecule has 0 aliphatic heterocycles. The molecule has 0 bridgehead atoms. The minimum atomic E-state index is -0.272. The van der Waals surface area contributed by atoms with Crippen molar-refractivity contribution in [2.75, 3.05) is 14.2 Å². The Labute approximate surface area is 101 Å². The number of hydrogen-bond donors (Lipinski definition) is 0. The fourth-order valence-electron chi connectivity index (χ4n) is 2.11. The Morgan fingerprint density at radius 2 is 2.06 bits per heavy atom. The predicted octanol–water partition coefficient (Wildman–Crippen LogP) is 2.28. The maximum absolute atomic E-state index is 11.2. The van der Waals surface area contributed by atoms with E-state index >= 15 is 0 Å². The van der Waals surface area contributed by atoms with Crippen LogP contribution in [0.25, 0.3) is 0 Å². The molecular weight excluding hydrogens is 216 g/mol. The van der Waals surface area contributed by atoms with Gasteiger partial charge < -0.3 is 9.47 Å². The number of carbonyl (C=O) groups is 1. The third-order valence-electron chi connectivity index (χ3n) is 3.07. The summed E-state index contributed by atoms with van der Waals surface area (Å²) >= 11 is 0. The van der Waals surface area contributed by atoms with Crippen LogP contribution in [0.1, 0.15) is 17.5 Å². The van der Waals surface area contributed by atoms with Gasteiger partial charge in [0.05, 0.1) is 14.2 Å². The predicted molar refractivity (Wildman–Crippen MR) is 65.1 cm³/mol. The van der Waals surface area contributed by atoms with Crippen molar-refractivity contribution in [2.45, 2.75) is 19.3 Å². The first kappa shape index (κ1) is 11.7. The number of carbonyl (C=O) groups excluding carboxylic acids is 1. The average Bonchev–Trinajstić information content (AvgIpc) is 2.37. The lowest BCUT2D eigenvalue weighted by molar-refractivity contribution is -0.134. The zero-order valence-corrected chi connectivity index (χ0v) is 10.2. The van der Waals surface area contributed by atoms with E-state index in [9.17, 15) is 4.79 Å². The number of methoxy groups -OCH3 is 2. The molecule has 0 saturated carbocycles. The van der Waals surface area contributed by atoms with Gasteiger partial charge in [-0.25, -0.2) is 4.79 Å². The second-order valence-corrected chi connectivity index (χ2v) is 4.14. The molecular formula is C14H16O3. The van der Waals surface area contributed by atoms with Gasteiger partial charge in [-0.2, -0.15) is 0 Å². The molecule has 3 nitrogen and oxygen atoms in total. The third kappa shape index (κ3) is 2.67. The third-order valence-corrected chi connectivity index (χ3v) is 3.07. The van der Waals surface area contributed by atoms with Crippen LogP contribution in [0.15, 0.2) is 29.8 Å². The highest BCUT2D eigenvalue weighted by Crippen LogP contribution is 2.28. The number of allylic oxidation sites excluding steroid dienone is 1. The Kier molecular flexibility index (Phi) is 3.47. The van der Waals surface area contributed by atoms with Gasteiger partial charge in [-0.05, 0) is 42.5 Å². The van der Waals surface area contributed by atoms with Crippen LogP contribution < -0.4 is 4.74 Å². The molecule has 0 amide bonds. The fraction of sp³-hybridized carbons (Fsp3) is 0.357. The summed E-state index contributed by atoms with van der Waals surface area (Å²) in [4.78, 5) is 11.2. The van der Waals surface area contributed by atoms with Crippen molar-refractivity contribution in [3.05, 3.63) is 41.0 Å². The van der Waals surface area contributed by atoms with Crippen LogP contribution >= 0.6 is 0 Å². The van der Waals surface area contributed by atoms with Crippen LogP contribution in [-0.4, -0.2) is 20.2 Å². The van der Waals surface area contributed by atoms with E-state index in [-0.39, 0.29) is 5.97 Å². The summed E-state index contributed by atoms with van der Waals surface area (Å²) in [6.07, 6.45) is 4.31. The number of benzene rings is 1. The Morgan fingerprint density at radius 1 is 1.24 bits per heavy atom. The average molecular weight is 232 g/mol. The van der Waals surface area contributed by atoms with Crippen molar-refractivity contribution in [3.8, 4) is 5.75 Å². The highest BCUT2D eigenvalue weighted by molar-refractivity contribution is 5.82. The van der Waals surface area contributed by atoms with Crippen LogP contribution in [0.3, 0.4) is 0 Å². The molecule has 0 unspecified atom stereocenters. The highest BCUT2D eigenvalue weighted by atomic mass is 16.5. The Balaban J connectivity index is 2.22. The van der Waals surface area contributed by atoms with E-state index < -0.39 is 0 Å². The van der Waals surface area contributed by atoms with Crippen LogP contribution in [0.4, 0.5) is 0 Å². The van der Waals surface area contributed by atoms with Crippen LogP contribution in [0.2, 0.25) is 0 Å². The molecule has 1 aromatic rings. The standard InChI is InChI=1S/C14H16O3/c1-16-13-6-5-11-4-3-10(7-12(11)9-13)8-14(15)17-2/h5-6,8-9H,3-4,7H2,1-2H3/b10-8+. The van der Waals surface area contributed by atoms with Crippen molar-refractivity contribution in [1.29, 1.82) is 0 Å². The quantitative estimate of drug-likeness (QED) is 0.579. The lowest BCUT2D eigenvalue weighted by atomic mass is 9.88. The smallest absolute Gasteiger partial charge is 0.330 e. The van der Waals surface area contributed by atoms with Gasteiger partial charge in [-0.1, -0.05) is 11.6 Å². The van der Waals surface area contributed by atoms with Crippen LogP contribution in [0.5, 0.6) is 5.75 Å². The highest BCUT2D eigenvalue weighted by Gasteiger charge is 2.14. The zero-order chi connectivity index (χ0) is 12.3. The van der Waals surface area contributed by atoms with E-state index in [1.807, 2.05) is 12.1 Å². The fourth-order valence-corrected chi connectivity index (χ4v) is 2.11. The molecule has 1 aliphatic rings. The van der Waals surface area contributed by atoms with Gasteiger partial charge in [-0.15, -0.1) is 0 Å². The van der Waals surface area contributed by atoms with Gasteiger partial charge >= 0.3 is 5.97 Å². The zero-order valence-electron chi connectivity index (χ0n) is 10.2. The Hall–Kier alpha value is -1.77. The number of hydrogen-bond acceptors (Lipinski definition) is 3. The van der Waals surface area contributed by atoms with E-state index in [1.165, 1.54) is 18.2 Å². The van der Waals surface area contributed by atoms with E-state index in [1.54, 1.807) is 13.2 Å². The van der Waals surface area contributed by atoms with E-state index in [0.717, 1.165) is 30.6 Å². The van der Waals surface area contributed by atoms with Crippen molar-refractivity contribution in [2.24, 2.45) is 0 Å². The normalized spacial score (nSPS) is 16.5. The van der Waals surface area contributed by atoms with Crippen molar-refractivity contribution in [3.63, 3.8) is 0 Å². The SMILES string of the molecule is COC(=O)/C=C1\CCc2ccc(OC)cc2C1. The largest absolute Gasteiger partial charge is 0.497 e. The molecule has 17 heavy (non-hydrogen) atoms. The summed E-state index contributed by atoms with van der Waals surface area (Å²) in [6, 6.07) is 6.12. The van der Waals surface area contributed by atoms with Gasteiger partial charge in [0.2, 0.25) is 0 Å². The molecule has 0 fully saturated rings. The van der Waals surface area contributed by atoms with E-state index in [2.05, 4.69) is 10.8 Å². The minimum absolute atomic E-state index is 0.272. The lowest BCUT2D eigenvalue weighted by Crippen LogP contribution is -2.08. The number of fused-ring (bicyclic) bond motifs is 1. The summed E-state index contributed by atoms with van der Waals surface area (Å²) in [5.41, 5.74) is 3.70. The summed E-state index contributed by atoms with van der Waals surface area (Å²) in [7, 11) is 3.06. The summed E-state index contributed by atoms with van der Waals surface area (Å²) in [6.45, 7) is 0. The first-order valence-corrected chi connectivity index (χ1v) is 5.66. The molecule has 3 heteroatoms. The van der Waals surface area contributed by atoms with Gasteiger partial charge in [0.25, 0.3) is 0 Å². The molecule has 0 spiro atoms. The van der Waals surface area contributed by atoms with Gasteiger partial charge in [0, 0.05) is 6.08 Å². The van der Waals surface area contributed by atoms with Gasteiger partial charge in [-0.3, -0.25) is 0 Å². The minimum Gasteiger partial charge on any atom is -0.497 e. The molecule has 0 saturated heterocycles.